The van der Waals surface area contributed by atoms with Crippen LogP contribution in [-0.2, 0) is 11.8 Å². The Hall–Kier alpha value is -0.0500. The average molecular weight is 282 g/mol. The van der Waals surface area contributed by atoms with Gasteiger partial charge in [-0.2, -0.15) is 0 Å². The van der Waals surface area contributed by atoms with Gasteiger partial charge in [0.05, 0.1) is 0 Å². The van der Waals surface area contributed by atoms with Crippen molar-refractivity contribution in [3.8, 4) is 0 Å². The van der Waals surface area contributed by atoms with E-state index in [-0.39, 0.29) is 5.41 Å². The number of aromatic nitrogens is 2. The Labute approximate surface area is 111 Å². The molecule has 0 radical (unpaired) electrons. The number of hydrogen-bond acceptors (Lipinski definition) is 2. The van der Waals surface area contributed by atoms with Crippen LogP contribution < -0.4 is 0 Å². The molecule has 0 bridgehead atoms. The fourth-order valence-corrected chi connectivity index (χ4v) is 2.43. The van der Waals surface area contributed by atoms with Gasteiger partial charge in [-0.3, -0.25) is 0 Å². The van der Waals surface area contributed by atoms with E-state index in [0.29, 0.717) is 16.2 Å². The monoisotopic (exact) mass is 280 g/mol. The number of halogens is 3. The summed E-state index contributed by atoms with van der Waals surface area (Å²) in [5.41, 5.74) is 1.64. The second-order valence-electron chi connectivity index (χ2n) is 4.40. The Kier molecular flexibility index (Phi) is 4.84. The van der Waals surface area contributed by atoms with Crippen molar-refractivity contribution in [3.63, 3.8) is 0 Å². The summed E-state index contributed by atoms with van der Waals surface area (Å²) in [7, 11) is 0. The molecule has 0 aliphatic heterocycles. The number of alkyl halides is 1. The summed E-state index contributed by atoms with van der Waals surface area (Å²) >= 11 is 18.2. The lowest BCUT2D eigenvalue weighted by Crippen LogP contribution is -2.23. The highest BCUT2D eigenvalue weighted by Gasteiger charge is 2.28. The third-order valence-electron chi connectivity index (χ3n) is 2.49. The Morgan fingerprint density at radius 1 is 1.12 bits per heavy atom. The lowest BCUT2D eigenvalue weighted by Gasteiger charge is -2.25. The van der Waals surface area contributed by atoms with E-state index in [4.69, 9.17) is 34.8 Å². The van der Waals surface area contributed by atoms with Crippen LogP contribution in [0, 0.1) is 0 Å². The van der Waals surface area contributed by atoms with Crippen LogP contribution in [0.2, 0.25) is 10.3 Å². The molecule has 0 aromatic carbocycles. The fraction of sp³-hybridized carbons (Fsp3) is 0.636. The van der Waals surface area contributed by atoms with Gasteiger partial charge in [0.15, 0.2) is 10.3 Å². The summed E-state index contributed by atoms with van der Waals surface area (Å²) in [6, 6.07) is 0. The van der Waals surface area contributed by atoms with Crippen LogP contribution in [-0.4, -0.2) is 16.1 Å². The van der Waals surface area contributed by atoms with Crippen LogP contribution in [0.3, 0.4) is 0 Å². The summed E-state index contributed by atoms with van der Waals surface area (Å²) in [6.45, 7) is 6.14. The summed E-state index contributed by atoms with van der Waals surface area (Å²) < 4.78 is 0. The van der Waals surface area contributed by atoms with Crippen molar-refractivity contribution < 1.29 is 0 Å². The summed E-state index contributed by atoms with van der Waals surface area (Å²) in [6.07, 6.45) is 1.82. The molecule has 5 heteroatoms. The normalized spacial score (nSPS) is 11.9. The number of nitrogens with zero attached hydrogens (tertiary/aromatic N) is 2. The molecule has 0 aliphatic carbocycles. The second kappa shape index (κ2) is 5.52. The highest BCUT2D eigenvalue weighted by Crippen LogP contribution is 2.35. The molecule has 16 heavy (non-hydrogen) atoms. The molecule has 90 valence electrons. The minimum Gasteiger partial charge on any atom is -0.137 e. The van der Waals surface area contributed by atoms with E-state index in [1.54, 1.807) is 0 Å². The van der Waals surface area contributed by atoms with E-state index < -0.39 is 0 Å². The summed E-state index contributed by atoms with van der Waals surface area (Å²) in [5, 5.41) is 8.54. The lowest BCUT2D eigenvalue weighted by atomic mass is 9.84. The smallest absolute Gasteiger partial charge is 0.137 e. The molecule has 1 heterocycles. The SMILES string of the molecule is CCCc1c(Cl)nnc(Cl)c1C(C)(C)CCl. The molecule has 1 aromatic rings. The van der Waals surface area contributed by atoms with Crippen LogP contribution >= 0.6 is 34.8 Å². The minimum absolute atomic E-state index is 0.247. The van der Waals surface area contributed by atoms with Gasteiger partial charge >= 0.3 is 0 Å². The van der Waals surface area contributed by atoms with Gasteiger partial charge in [-0.15, -0.1) is 21.8 Å². The van der Waals surface area contributed by atoms with Gasteiger partial charge in [0.2, 0.25) is 0 Å². The summed E-state index contributed by atoms with van der Waals surface area (Å²) in [5.74, 6) is 0.464. The van der Waals surface area contributed by atoms with E-state index in [1.165, 1.54) is 0 Å². The molecule has 0 unspecified atom stereocenters. The van der Waals surface area contributed by atoms with Gasteiger partial charge in [-0.05, 0) is 12.0 Å². The molecular weight excluding hydrogens is 266 g/mol. The molecule has 0 N–H and O–H groups in total. The van der Waals surface area contributed by atoms with Crippen molar-refractivity contribution in [2.75, 3.05) is 5.88 Å². The van der Waals surface area contributed by atoms with Crippen molar-refractivity contribution in [3.05, 3.63) is 21.4 Å². The molecule has 0 aliphatic rings. The molecule has 0 amide bonds. The fourth-order valence-electron chi connectivity index (χ4n) is 1.66. The zero-order chi connectivity index (χ0) is 12.3. The first kappa shape index (κ1) is 14.0. The van der Waals surface area contributed by atoms with Gasteiger partial charge in [0.1, 0.15) is 0 Å². The predicted octanol–water partition coefficient (Wildman–Crippen LogP) is 4.25. The topological polar surface area (TPSA) is 25.8 Å². The zero-order valence-electron chi connectivity index (χ0n) is 9.65. The molecular formula is C11H15Cl3N2. The van der Waals surface area contributed by atoms with Crippen LogP contribution in [0.4, 0.5) is 0 Å². The van der Waals surface area contributed by atoms with Gasteiger partial charge in [0.25, 0.3) is 0 Å². The van der Waals surface area contributed by atoms with Crippen LogP contribution in [0.5, 0.6) is 0 Å². The first-order valence-electron chi connectivity index (χ1n) is 5.21. The molecule has 0 saturated heterocycles. The lowest BCUT2D eigenvalue weighted by molar-refractivity contribution is 0.582. The second-order valence-corrected chi connectivity index (χ2v) is 5.39. The molecule has 0 saturated carbocycles. The standard InChI is InChI=1S/C11H15Cl3N2/c1-4-5-7-8(11(2,3)6-12)10(14)16-15-9(7)13/h4-6H2,1-3H3. The van der Waals surface area contributed by atoms with Crippen molar-refractivity contribution in [1.82, 2.24) is 10.2 Å². The first-order valence-corrected chi connectivity index (χ1v) is 6.50. The van der Waals surface area contributed by atoms with E-state index in [2.05, 4.69) is 17.1 Å². The van der Waals surface area contributed by atoms with E-state index >= 15 is 0 Å². The maximum atomic E-state index is 6.11. The van der Waals surface area contributed by atoms with Crippen molar-refractivity contribution in [1.29, 1.82) is 0 Å². The van der Waals surface area contributed by atoms with Gasteiger partial charge in [-0.1, -0.05) is 50.4 Å². The maximum absolute atomic E-state index is 6.11. The Morgan fingerprint density at radius 2 is 1.69 bits per heavy atom. The van der Waals surface area contributed by atoms with Crippen LogP contribution in [0.1, 0.15) is 38.3 Å². The molecule has 0 spiro atoms. The predicted molar refractivity (Wildman–Crippen MR) is 69.8 cm³/mol. The third kappa shape index (κ3) is 2.79. The van der Waals surface area contributed by atoms with Gasteiger partial charge < -0.3 is 0 Å². The molecule has 2 nitrogen and oxygen atoms in total. The van der Waals surface area contributed by atoms with Gasteiger partial charge in [-0.25, -0.2) is 0 Å². The average Bonchev–Trinajstić information content (AvgIpc) is 2.23. The van der Waals surface area contributed by atoms with Crippen LogP contribution in [0.15, 0.2) is 0 Å². The highest BCUT2D eigenvalue weighted by molar-refractivity contribution is 6.32. The maximum Gasteiger partial charge on any atom is 0.155 e. The quantitative estimate of drug-likeness (QED) is 0.771. The van der Waals surface area contributed by atoms with Gasteiger partial charge in [0, 0.05) is 16.9 Å². The zero-order valence-corrected chi connectivity index (χ0v) is 11.9. The largest absolute Gasteiger partial charge is 0.155 e. The number of rotatable bonds is 4. The van der Waals surface area contributed by atoms with E-state index in [9.17, 15) is 0 Å². The van der Waals surface area contributed by atoms with Crippen molar-refractivity contribution >= 4 is 34.8 Å². The Bertz CT molecular complexity index is 378. The minimum atomic E-state index is -0.247. The van der Waals surface area contributed by atoms with Crippen molar-refractivity contribution in [2.45, 2.75) is 39.0 Å². The van der Waals surface area contributed by atoms with E-state index in [0.717, 1.165) is 24.0 Å². The van der Waals surface area contributed by atoms with Crippen LogP contribution in [0.25, 0.3) is 0 Å². The Morgan fingerprint density at radius 3 is 2.19 bits per heavy atom. The van der Waals surface area contributed by atoms with Crippen molar-refractivity contribution in [2.24, 2.45) is 0 Å². The highest BCUT2D eigenvalue weighted by atomic mass is 35.5. The van der Waals surface area contributed by atoms with E-state index in [1.807, 2.05) is 13.8 Å². The summed E-state index contributed by atoms with van der Waals surface area (Å²) in [4.78, 5) is 0. The molecule has 1 aromatic heterocycles. The first-order chi connectivity index (χ1) is 7.44. The number of hydrogen-bond donors (Lipinski definition) is 0. The molecule has 1 rings (SSSR count). The Balaban J connectivity index is 3.39. The molecule has 0 atom stereocenters. The third-order valence-corrected chi connectivity index (χ3v) is 3.73. The molecule has 0 fully saturated rings.